The SMILES string of the molecule is Clc1cccc(-c2cccnc2SC(c2ccccc2)C2CNCCO2)c1. The molecule has 0 bridgehead atoms. The number of aromatic nitrogens is 1. The molecule has 2 aromatic carbocycles. The Bertz CT molecular complexity index is 884. The number of ether oxygens (including phenoxy) is 1. The number of nitrogens with one attached hydrogen (secondary N) is 1. The van der Waals surface area contributed by atoms with E-state index in [1.807, 2.05) is 36.5 Å². The van der Waals surface area contributed by atoms with E-state index in [1.54, 1.807) is 11.8 Å². The maximum Gasteiger partial charge on any atom is 0.104 e. The molecule has 3 aromatic rings. The van der Waals surface area contributed by atoms with Crippen molar-refractivity contribution in [3.8, 4) is 11.1 Å². The smallest absolute Gasteiger partial charge is 0.104 e. The van der Waals surface area contributed by atoms with Gasteiger partial charge >= 0.3 is 0 Å². The molecule has 0 amide bonds. The van der Waals surface area contributed by atoms with Crippen molar-refractivity contribution < 1.29 is 4.74 Å². The Balaban J connectivity index is 1.69. The molecule has 1 aliphatic heterocycles. The molecule has 1 aliphatic rings. The van der Waals surface area contributed by atoms with Crippen LogP contribution in [0.2, 0.25) is 5.02 Å². The van der Waals surface area contributed by atoms with Crippen molar-refractivity contribution in [3.63, 3.8) is 0 Å². The number of morpholine rings is 1. The van der Waals surface area contributed by atoms with E-state index in [0.29, 0.717) is 0 Å². The molecule has 0 radical (unpaired) electrons. The van der Waals surface area contributed by atoms with E-state index >= 15 is 0 Å². The molecule has 2 heterocycles. The fourth-order valence-corrected chi connectivity index (χ4v) is 4.75. The second-order valence-corrected chi connectivity index (χ2v) is 8.00. The normalized spacial score (nSPS) is 18.2. The molecule has 138 valence electrons. The summed E-state index contributed by atoms with van der Waals surface area (Å²) in [7, 11) is 0. The first-order valence-corrected chi connectivity index (χ1v) is 10.3. The van der Waals surface area contributed by atoms with Crippen molar-refractivity contribution in [2.75, 3.05) is 19.7 Å². The Kier molecular flexibility index (Phi) is 6.10. The Hall–Kier alpha value is -1.85. The van der Waals surface area contributed by atoms with Gasteiger partial charge in [-0.15, -0.1) is 0 Å². The standard InChI is InChI=1S/C22H21ClN2OS/c23-18-9-4-8-17(14-18)19-10-5-11-25-22(19)27-21(16-6-2-1-3-7-16)20-15-24-12-13-26-20/h1-11,14,20-21,24H,12-13,15H2. The number of nitrogens with zero attached hydrogens (tertiary/aromatic N) is 1. The third-order valence-corrected chi connectivity index (χ3v) is 6.18. The molecule has 27 heavy (non-hydrogen) atoms. The first-order chi connectivity index (χ1) is 13.3. The van der Waals surface area contributed by atoms with Crippen LogP contribution in [0.3, 0.4) is 0 Å². The van der Waals surface area contributed by atoms with Gasteiger partial charge < -0.3 is 10.1 Å². The maximum absolute atomic E-state index is 6.21. The lowest BCUT2D eigenvalue weighted by Gasteiger charge is -2.31. The average molecular weight is 397 g/mol. The third-order valence-electron chi connectivity index (χ3n) is 4.57. The third kappa shape index (κ3) is 4.53. The zero-order valence-corrected chi connectivity index (χ0v) is 16.4. The quantitative estimate of drug-likeness (QED) is 0.599. The van der Waals surface area contributed by atoms with Crippen LogP contribution < -0.4 is 5.32 Å². The van der Waals surface area contributed by atoms with Crippen molar-refractivity contribution in [1.82, 2.24) is 10.3 Å². The van der Waals surface area contributed by atoms with Crippen LogP contribution in [0.25, 0.3) is 11.1 Å². The lowest BCUT2D eigenvalue weighted by Crippen LogP contribution is -2.41. The van der Waals surface area contributed by atoms with E-state index in [1.165, 1.54) is 5.56 Å². The van der Waals surface area contributed by atoms with Crippen LogP contribution >= 0.6 is 23.4 Å². The van der Waals surface area contributed by atoms with E-state index in [9.17, 15) is 0 Å². The maximum atomic E-state index is 6.21. The Morgan fingerprint density at radius 2 is 1.96 bits per heavy atom. The van der Waals surface area contributed by atoms with Gasteiger partial charge in [-0.2, -0.15) is 0 Å². The molecule has 4 rings (SSSR count). The Labute approximate surface area is 169 Å². The Morgan fingerprint density at radius 3 is 2.74 bits per heavy atom. The fraction of sp³-hybridized carbons (Fsp3) is 0.227. The van der Waals surface area contributed by atoms with Gasteiger partial charge in [-0.1, -0.05) is 71.9 Å². The van der Waals surface area contributed by atoms with Gasteiger partial charge in [0, 0.05) is 29.9 Å². The molecule has 1 fully saturated rings. The van der Waals surface area contributed by atoms with Gasteiger partial charge in [0.05, 0.1) is 18.0 Å². The first-order valence-electron chi connectivity index (χ1n) is 9.06. The summed E-state index contributed by atoms with van der Waals surface area (Å²) >= 11 is 7.97. The number of halogens is 1. The highest BCUT2D eigenvalue weighted by Crippen LogP contribution is 2.42. The monoisotopic (exact) mass is 396 g/mol. The second-order valence-electron chi connectivity index (χ2n) is 6.43. The van der Waals surface area contributed by atoms with Crippen molar-refractivity contribution >= 4 is 23.4 Å². The van der Waals surface area contributed by atoms with Crippen LogP contribution in [0.1, 0.15) is 10.8 Å². The van der Waals surface area contributed by atoms with Crippen LogP contribution in [-0.2, 0) is 4.74 Å². The van der Waals surface area contributed by atoms with Crippen LogP contribution in [0.4, 0.5) is 0 Å². The summed E-state index contributed by atoms with van der Waals surface area (Å²) in [5.41, 5.74) is 3.42. The summed E-state index contributed by atoms with van der Waals surface area (Å²) in [6.07, 6.45) is 1.94. The van der Waals surface area contributed by atoms with E-state index in [2.05, 4.69) is 46.7 Å². The number of hydrogen-bond acceptors (Lipinski definition) is 4. The summed E-state index contributed by atoms with van der Waals surface area (Å²) in [6, 6.07) is 22.5. The molecule has 0 aliphatic carbocycles. The molecule has 1 N–H and O–H groups in total. The molecule has 1 aromatic heterocycles. The minimum absolute atomic E-state index is 0.0976. The predicted octanol–water partition coefficient (Wildman–Crippen LogP) is 5.22. The van der Waals surface area contributed by atoms with Gasteiger partial charge in [0.1, 0.15) is 5.03 Å². The highest BCUT2D eigenvalue weighted by molar-refractivity contribution is 7.99. The van der Waals surface area contributed by atoms with Gasteiger partial charge in [0.15, 0.2) is 0 Å². The average Bonchev–Trinajstić information content (AvgIpc) is 2.73. The highest BCUT2D eigenvalue weighted by Gasteiger charge is 2.28. The second kappa shape index (κ2) is 8.89. The number of benzene rings is 2. The van der Waals surface area contributed by atoms with Crippen LogP contribution in [0.5, 0.6) is 0 Å². The van der Waals surface area contributed by atoms with Gasteiger partial charge in [0.2, 0.25) is 0 Å². The Morgan fingerprint density at radius 1 is 1.07 bits per heavy atom. The van der Waals surface area contributed by atoms with E-state index < -0.39 is 0 Å². The van der Waals surface area contributed by atoms with Crippen molar-refractivity contribution in [3.05, 3.63) is 83.5 Å². The lowest BCUT2D eigenvalue weighted by atomic mass is 10.1. The van der Waals surface area contributed by atoms with Crippen LogP contribution in [-0.4, -0.2) is 30.8 Å². The molecule has 2 atom stereocenters. The number of hydrogen-bond donors (Lipinski definition) is 1. The lowest BCUT2D eigenvalue weighted by molar-refractivity contribution is 0.0273. The number of thioether (sulfide) groups is 1. The molecule has 5 heteroatoms. The van der Waals surface area contributed by atoms with Crippen molar-refractivity contribution in [2.24, 2.45) is 0 Å². The summed E-state index contributed by atoms with van der Waals surface area (Å²) in [5, 5.41) is 5.32. The number of rotatable bonds is 5. The van der Waals surface area contributed by atoms with Gasteiger partial charge in [-0.05, 0) is 29.3 Å². The summed E-state index contributed by atoms with van der Waals surface area (Å²) in [4.78, 5) is 4.69. The topological polar surface area (TPSA) is 34.2 Å². The molecule has 0 spiro atoms. The minimum atomic E-state index is 0.0976. The van der Waals surface area contributed by atoms with Crippen molar-refractivity contribution in [1.29, 1.82) is 0 Å². The van der Waals surface area contributed by atoms with E-state index in [4.69, 9.17) is 16.3 Å². The van der Waals surface area contributed by atoms with Crippen LogP contribution in [0, 0.1) is 0 Å². The molecule has 2 unspecified atom stereocenters. The van der Waals surface area contributed by atoms with Crippen molar-refractivity contribution in [2.45, 2.75) is 16.4 Å². The zero-order valence-electron chi connectivity index (χ0n) is 14.8. The van der Waals surface area contributed by atoms with Crippen LogP contribution in [0.15, 0.2) is 78.0 Å². The zero-order chi connectivity index (χ0) is 18.5. The fourth-order valence-electron chi connectivity index (χ4n) is 3.26. The predicted molar refractivity (Wildman–Crippen MR) is 112 cm³/mol. The molecule has 3 nitrogen and oxygen atoms in total. The molecule has 1 saturated heterocycles. The van der Waals surface area contributed by atoms with Gasteiger partial charge in [0.25, 0.3) is 0 Å². The van der Waals surface area contributed by atoms with E-state index in [-0.39, 0.29) is 11.4 Å². The van der Waals surface area contributed by atoms with Gasteiger partial charge in [-0.25, -0.2) is 4.98 Å². The summed E-state index contributed by atoms with van der Waals surface area (Å²) < 4.78 is 6.10. The summed E-state index contributed by atoms with van der Waals surface area (Å²) in [6.45, 7) is 2.48. The molecule has 0 saturated carbocycles. The highest BCUT2D eigenvalue weighted by atomic mass is 35.5. The van der Waals surface area contributed by atoms with Gasteiger partial charge in [-0.3, -0.25) is 0 Å². The van der Waals surface area contributed by atoms with E-state index in [0.717, 1.165) is 40.9 Å². The first kappa shape index (κ1) is 18.5. The number of pyridine rings is 1. The summed E-state index contributed by atoms with van der Waals surface area (Å²) in [5.74, 6) is 0. The largest absolute Gasteiger partial charge is 0.374 e. The molecular weight excluding hydrogens is 376 g/mol. The molecular formula is C22H21ClN2OS. The minimum Gasteiger partial charge on any atom is -0.374 e.